The lowest BCUT2D eigenvalue weighted by atomic mass is 10.1. The van der Waals surface area contributed by atoms with Crippen molar-refractivity contribution in [3.8, 4) is 5.75 Å². The van der Waals surface area contributed by atoms with Gasteiger partial charge in [0, 0.05) is 4.47 Å². The minimum atomic E-state index is 0.986. The smallest absolute Gasteiger partial charge is 0.122 e. The summed E-state index contributed by atoms with van der Waals surface area (Å²) in [6.07, 6.45) is 2.22. The van der Waals surface area contributed by atoms with Crippen molar-refractivity contribution in [2.45, 2.75) is 19.8 Å². The van der Waals surface area contributed by atoms with E-state index in [0.717, 1.165) is 23.1 Å². The highest BCUT2D eigenvalue weighted by atomic mass is 79.9. The summed E-state index contributed by atoms with van der Waals surface area (Å²) >= 11 is 3.44. The molecule has 66 valence electrons. The van der Waals surface area contributed by atoms with Gasteiger partial charge in [-0.1, -0.05) is 29.3 Å². The predicted octanol–water partition coefficient (Wildman–Crippen LogP) is 3.41. The van der Waals surface area contributed by atoms with Crippen LogP contribution in [0.15, 0.2) is 22.7 Å². The van der Waals surface area contributed by atoms with Crippen LogP contribution in [0.1, 0.15) is 18.9 Å². The van der Waals surface area contributed by atoms with Crippen LogP contribution < -0.4 is 4.74 Å². The zero-order valence-electron chi connectivity index (χ0n) is 7.43. The van der Waals surface area contributed by atoms with Gasteiger partial charge in [-0.2, -0.15) is 0 Å². The van der Waals surface area contributed by atoms with Crippen molar-refractivity contribution in [1.82, 2.24) is 0 Å². The van der Waals surface area contributed by atoms with Gasteiger partial charge in [-0.25, -0.2) is 0 Å². The highest BCUT2D eigenvalue weighted by Gasteiger charge is 2.01. The molecule has 12 heavy (non-hydrogen) atoms. The van der Waals surface area contributed by atoms with Gasteiger partial charge in [0.15, 0.2) is 0 Å². The van der Waals surface area contributed by atoms with Crippen LogP contribution in [0.3, 0.4) is 0 Å². The molecule has 0 radical (unpaired) electrons. The molecule has 0 atom stereocenters. The summed E-state index contributed by atoms with van der Waals surface area (Å²) in [6.45, 7) is 2.17. The Kier molecular flexibility index (Phi) is 3.60. The van der Waals surface area contributed by atoms with Gasteiger partial charge in [-0.05, 0) is 30.2 Å². The maximum atomic E-state index is 5.23. The van der Waals surface area contributed by atoms with Crippen LogP contribution in [0.25, 0.3) is 0 Å². The van der Waals surface area contributed by atoms with Gasteiger partial charge in [0.2, 0.25) is 0 Å². The summed E-state index contributed by atoms with van der Waals surface area (Å²) in [4.78, 5) is 0. The number of hydrogen-bond acceptors (Lipinski definition) is 1. The van der Waals surface area contributed by atoms with Gasteiger partial charge in [0.25, 0.3) is 0 Å². The minimum Gasteiger partial charge on any atom is -0.496 e. The standard InChI is InChI=1S/C10H13BrO/c1-3-4-8-7-9(11)5-6-10(8)12-2/h5-7H,3-4H2,1-2H3. The van der Waals surface area contributed by atoms with E-state index in [9.17, 15) is 0 Å². The number of halogens is 1. The zero-order chi connectivity index (χ0) is 8.97. The van der Waals surface area contributed by atoms with Crippen LogP contribution in [0.5, 0.6) is 5.75 Å². The number of rotatable bonds is 3. The molecule has 0 heterocycles. The van der Waals surface area contributed by atoms with E-state index in [1.165, 1.54) is 5.56 Å². The van der Waals surface area contributed by atoms with Crippen LogP contribution >= 0.6 is 15.9 Å². The van der Waals surface area contributed by atoms with Crippen LogP contribution in [0, 0.1) is 0 Å². The summed E-state index contributed by atoms with van der Waals surface area (Å²) < 4.78 is 6.35. The fourth-order valence-electron chi connectivity index (χ4n) is 1.21. The normalized spacial score (nSPS) is 9.92. The second kappa shape index (κ2) is 4.51. The van der Waals surface area contributed by atoms with E-state index >= 15 is 0 Å². The first-order valence-corrected chi connectivity index (χ1v) is 4.89. The summed E-state index contributed by atoms with van der Waals surface area (Å²) in [5.74, 6) is 0.986. The summed E-state index contributed by atoms with van der Waals surface area (Å²) in [6, 6.07) is 6.11. The molecule has 0 aromatic heterocycles. The van der Waals surface area contributed by atoms with Gasteiger partial charge in [0.1, 0.15) is 5.75 Å². The average Bonchev–Trinajstić information content (AvgIpc) is 2.05. The molecule has 0 bridgehead atoms. The Balaban J connectivity index is 2.95. The maximum Gasteiger partial charge on any atom is 0.122 e. The largest absolute Gasteiger partial charge is 0.496 e. The second-order valence-corrected chi connectivity index (χ2v) is 3.62. The molecule has 1 aromatic carbocycles. The van der Waals surface area contributed by atoms with Crippen LogP contribution in [-0.2, 0) is 6.42 Å². The molecule has 0 aliphatic rings. The fraction of sp³-hybridized carbons (Fsp3) is 0.400. The molecule has 0 amide bonds. The van der Waals surface area contributed by atoms with Crippen molar-refractivity contribution in [2.24, 2.45) is 0 Å². The second-order valence-electron chi connectivity index (χ2n) is 2.71. The van der Waals surface area contributed by atoms with E-state index in [1.807, 2.05) is 12.1 Å². The molecule has 1 nitrogen and oxygen atoms in total. The first-order chi connectivity index (χ1) is 5.77. The molecule has 0 unspecified atom stereocenters. The van der Waals surface area contributed by atoms with Gasteiger partial charge >= 0.3 is 0 Å². The lowest BCUT2D eigenvalue weighted by Gasteiger charge is -2.07. The molecule has 0 saturated carbocycles. The third-order valence-electron chi connectivity index (χ3n) is 1.76. The molecule has 1 rings (SSSR count). The lowest BCUT2D eigenvalue weighted by molar-refractivity contribution is 0.409. The molecule has 1 aromatic rings. The van der Waals surface area contributed by atoms with Crippen molar-refractivity contribution < 1.29 is 4.74 Å². The fourth-order valence-corrected chi connectivity index (χ4v) is 1.62. The van der Waals surface area contributed by atoms with Gasteiger partial charge in [-0.15, -0.1) is 0 Å². The van der Waals surface area contributed by atoms with Crippen LogP contribution in [0.2, 0.25) is 0 Å². The number of ether oxygens (including phenoxy) is 1. The highest BCUT2D eigenvalue weighted by molar-refractivity contribution is 9.10. The van der Waals surface area contributed by atoms with Gasteiger partial charge in [-0.3, -0.25) is 0 Å². The third kappa shape index (κ3) is 2.24. The third-order valence-corrected chi connectivity index (χ3v) is 2.26. The Labute approximate surface area is 81.9 Å². The van der Waals surface area contributed by atoms with Crippen molar-refractivity contribution >= 4 is 15.9 Å². The van der Waals surface area contributed by atoms with Crippen molar-refractivity contribution in [3.05, 3.63) is 28.2 Å². The first-order valence-electron chi connectivity index (χ1n) is 4.10. The summed E-state index contributed by atoms with van der Waals surface area (Å²) in [7, 11) is 1.71. The number of methoxy groups -OCH3 is 1. The van der Waals surface area contributed by atoms with E-state index in [-0.39, 0.29) is 0 Å². The monoisotopic (exact) mass is 228 g/mol. The topological polar surface area (TPSA) is 9.23 Å². The SMILES string of the molecule is CCCc1cc(Br)ccc1OC. The molecular weight excluding hydrogens is 216 g/mol. The Hall–Kier alpha value is -0.500. The van der Waals surface area contributed by atoms with Crippen molar-refractivity contribution in [2.75, 3.05) is 7.11 Å². The number of hydrogen-bond donors (Lipinski definition) is 0. The van der Waals surface area contributed by atoms with Crippen LogP contribution in [0.4, 0.5) is 0 Å². The summed E-state index contributed by atoms with van der Waals surface area (Å²) in [5.41, 5.74) is 1.27. The Morgan fingerprint density at radius 2 is 2.17 bits per heavy atom. The first kappa shape index (κ1) is 9.59. The van der Waals surface area contributed by atoms with E-state index in [1.54, 1.807) is 7.11 Å². The van der Waals surface area contributed by atoms with E-state index in [0.29, 0.717) is 0 Å². The predicted molar refractivity (Wildman–Crippen MR) is 54.7 cm³/mol. The number of aryl methyl sites for hydroxylation is 1. The van der Waals surface area contributed by atoms with Crippen molar-refractivity contribution in [1.29, 1.82) is 0 Å². The summed E-state index contributed by atoms with van der Waals surface area (Å²) in [5, 5.41) is 0. The highest BCUT2D eigenvalue weighted by Crippen LogP contribution is 2.23. The number of benzene rings is 1. The molecule has 0 fully saturated rings. The van der Waals surface area contributed by atoms with Crippen molar-refractivity contribution in [3.63, 3.8) is 0 Å². The molecule has 2 heteroatoms. The van der Waals surface area contributed by atoms with E-state index < -0.39 is 0 Å². The Morgan fingerprint density at radius 3 is 2.75 bits per heavy atom. The molecular formula is C10H13BrO. The average molecular weight is 229 g/mol. The minimum absolute atomic E-state index is 0.986. The lowest BCUT2D eigenvalue weighted by Crippen LogP contribution is -1.91. The maximum absolute atomic E-state index is 5.23. The van der Waals surface area contributed by atoms with E-state index in [2.05, 4.69) is 28.9 Å². The van der Waals surface area contributed by atoms with E-state index in [4.69, 9.17) is 4.74 Å². The molecule has 0 N–H and O–H groups in total. The van der Waals surface area contributed by atoms with Gasteiger partial charge in [0.05, 0.1) is 7.11 Å². The molecule has 0 aliphatic heterocycles. The molecule has 0 spiro atoms. The Bertz CT molecular complexity index is 258. The zero-order valence-corrected chi connectivity index (χ0v) is 9.02. The van der Waals surface area contributed by atoms with Crippen LogP contribution in [-0.4, -0.2) is 7.11 Å². The molecule has 0 saturated heterocycles. The van der Waals surface area contributed by atoms with Gasteiger partial charge < -0.3 is 4.74 Å². The molecule has 0 aliphatic carbocycles. The Morgan fingerprint density at radius 1 is 1.42 bits per heavy atom. The quantitative estimate of drug-likeness (QED) is 0.771.